The Morgan fingerprint density at radius 2 is 0.552 bits per heavy atom. The second-order valence-corrected chi connectivity index (χ2v) is 9.39. The molecular formula is C28H55N. The second kappa shape index (κ2) is 27.5. The minimum atomic E-state index is 0.749. The quantitative estimate of drug-likeness (QED) is 0.138. The fourth-order valence-electron chi connectivity index (χ4n) is 4.34. The third kappa shape index (κ3) is 27.5. The van der Waals surface area contributed by atoms with Gasteiger partial charge in [0.2, 0.25) is 0 Å². The smallest absolute Gasteiger partial charge is 0.0621 e. The van der Waals surface area contributed by atoms with Crippen molar-refractivity contribution < 1.29 is 0 Å². The third-order valence-corrected chi connectivity index (χ3v) is 6.39. The summed E-state index contributed by atoms with van der Waals surface area (Å²) in [5, 5.41) is 8.50. The highest BCUT2D eigenvalue weighted by Crippen LogP contribution is 2.15. The summed E-state index contributed by atoms with van der Waals surface area (Å²) in [5.41, 5.74) is 0. The first kappa shape index (κ1) is 28.5. The maximum atomic E-state index is 8.50. The maximum absolute atomic E-state index is 8.50. The van der Waals surface area contributed by atoms with E-state index in [1.54, 1.807) is 0 Å². The van der Waals surface area contributed by atoms with E-state index in [4.69, 9.17) is 5.26 Å². The lowest BCUT2D eigenvalue weighted by atomic mass is 10.0. The second-order valence-electron chi connectivity index (χ2n) is 9.39. The van der Waals surface area contributed by atoms with Crippen LogP contribution in [0.4, 0.5) is 0 Å². The molecule has 0 aliphatic rings. The molecule has 0 rings (SSSR count). The van der Waals surface area contributed by atoms with Gasteiger partial charge in [0.1, 0.15) is 0 Å². The Hall–Kier alpha value is -0.510. The number of hydrogen-bond donors (Lipinski definition) is 0. The first-order valence-corrected chi connectivity index (χ1v) is 13.8. The summed E-state index contributed by atoms with van der Waals surface area (Å²) in [4.78, 5) is 0. The van der Waals surface area contributed by atoms with Crippen LogP contribution in [-0.2, 0) is 0 Å². The Bertz CT molecular complexity index is 317. The topological polar surface area (TPSA) is 23.8 Å². The molecule has 1 nitrogen and oxygen atoms in total. The van der Waals surface area contributed by atoms with Crippen molar-refractivity contribution in [1.29, 1.82) is 5.26 Å². The van der Waals surface area contributed by atoms with Crippen LogP contribution in [0.15, 0.2) is 0 Å². The molecule has 0 saturated carbocycles. The number of nitrogens with zero attached hydrogens (tertiary/aromatic N) is 1. The van der Waals surface area contributed by atoms with Crippen LogP contribution in [0.25, 0.3) is 0 Å². The number of hydrogen-bond acceptors (Lipinski definition) is 1. The molecule has 0 aliphatic heterocycles. The summed E-state index contributed by atoms with van der Waals surface area (Å²) >= 11 is 0. The zero-order valence-corrected chi connectivity index (χ0v) is 20.3. The van der Waals surface area contributed by atoms with E-state index in [1.807, 2.05) is 0 Å². The van der Waals surface area contributed by atoms with Crippen LogP contribution < -0.4 is 0 Å². The maximum Gasteiger partial charge on any atom is 0.0621 e. The van der Waals surface area contributed by atoms with Crippen molar-refractivity contribution >= 4 is 0 Å². The highest BCUT2D eigenvalue weighted by Gasteiger charge is 1.96. The van der Waals surface area contributed by atoms with E-state index in [0.29, 0.717) is 0 Å². The standard InChI is InChI=1S/C28H55N/c1-2-3-4-5-6-7-8-9-10-11-12-13-14-15-16-17-18-19-20-21-22-23-24-25-26-27-28-29/h2-27H2,1H3. The SMILES string of the molecule is CCCCCCCCCCCCCCCCCCCCCCCCCCCC#N. The highest BCUT2D eigenvalue weighted by molar-refractivity contribution is 4.67. The van der Waals surface area contributed by atoms with Gasteiger partial charge in [-0.15, -0.1) is 0 Å². The number of unbranched alkanes of at least 4 members (excludes halogenated alkanes) is 25. The summed E-state index contributed by atoms with van der Waals surface area (Å²) < 4.78 is 0. The molecule has 0 atom stereocenters. The molecule has 29 heavy (non-hydrogen) atoms. The summed E-state index contributed by atoms with van der Waals surface area (Å²) in [5.74, 6) is 0. The van der Waals surface area contributed by atoms with Crippen LogP contribution in [0.1, 0.15) is 174 Å². The summed E-state index contributed by atoms with van der Waals surface area (Å²) in [7, 11) is 0. The molecule has 0 aromatic rings. The predicted octanol–water partition coefficient (Wildman–Crippen LogP) is 10.7. The third-order valence-electron chi connectivity index (χ3n) is 6.39. The van der Waals surface area contributed by atoms with E-state index < -0.39 is 0 Å². The van der Waals surface area contributed by atoms with Gasteiger partial charge in [-0.05, 0) is 6.42 Å². The van der Waals surface area contributed by atoms with Gasteiger partial charge < -0.3 is 0 Å². The minimum Gasteiger partial charge on any atom is -0.198 e. The molecule has 0 heterocycles. The van der Waals surface area contributed by atoms with Crippen molar-refractivity contribution in [3.8, 4) is 6.07 Å². The van der Waals surface area contributed by atoms with Gasteiger partial charge in [-0.1, -0.05) is 161 Å². The zero-order valence-electron chi connectivity index (χ0n) is 20.3. The van der Waals surface area contributed by atoms with Crippen LogP contribution in [0.5, 0.6) is 0 Å². The average molecular weight is 406 g/mol. The molecular weight excluding hydrogens is 350 g/mol. The van der Waals surface area contributed by atoms with E-state index in [9.17, 15) is 0 Å². The van der Waals surface area contributed by atoms with E-state index in [-0.39, 0.29) is 0 Å². The molecule has 1 heteroatoms. The summed E-state index contributed by atoms with van der Waals surface area (Å²) in [6, 6.07) is 2.23. The molecule has 0 fully saturated rings. The van der Waals surface area contributed by atoms with Gasteiger partial charge in [-0.3, -0.25) is 0 Å². The molecule has 0 aromatic carbocycles. The Labute approximate surface area is 185 Å². The molecule has 0 N–H and O–H groups in total. The van der Waals surface area contributed by atoms with Crippen LogP contribution in [0, 0.1) is 11.3 Å². The van der Waals surface area contributed by atoms with Gasteiger partial charge in [0.05, 0.1) is 6.07 Å². The fourth-order valence-corrected chi connectivity index (χ4v) is 4.34. The highest BCUT2D eigenvalue weighted by atomic mass is 14.2. The molecule has 0 unspecified atom stereocenters. The van der Waals surface area contributed by atoms with Gasteiger partial charge in [-0.2, -0.15) is 5.26 Å². The van der Waals surface area contributed by atoms with Gasteiger partial charge in [-0.25, -0.2) is 0 Å². The van der Waals surface area contributed by atoms with E-state index in [1.165, 1.54) is 154 Å². The van der Waals surface area contributed by atoms with Crippen LogP contribution in [-0.4, -0.2) is 0 Å². The molecule has 0 spiro atoms. The van der Waals surface area contributed by atoms with Crippen molar-refractivity contribution in [3.63, 3.8) is 0 Å². The number of nitriles is 1. The molecule has 0 aliphatic carbocycles. The Balaban J connectivity index is 2.98. The Morgan fingerprint density at radius 1 is 0.345 bits per heavy atom. The van der Waals surface area contributed by atoms with Crippen molar-refractivity contribution in [2.75, 3.05) is 0 Å². The van der Waals surface area contributed by atoms with Gasteiger partial charge in [0.25, 0.3) is 0 Å². The zero-order chi connectivity index (χ0) is 21.1. The summed E-state index contributed by atoms with van der Waals surface area (Å²) in [6.45, 7) is 2.30. The molecule has 0 saturated heterocycles. The number of rotatable bonds is 25. The summed E-state index contributed by atoms with van der Waals surface area (Å²) in [6.07, 6.45) is 36.5. The first-order valence-electron chi connectivity index (χ1n) is 13.8. The van der Waals surface area contributed by atoms with Crippen molar-refractivity contribution in [1.82, 2.24) is 0 Å². The van der Waals surface area contributed by atoms with E-state index in [0.717, 1.165) is 12.8 Å². The Morgan fingerprint density at radius 3 is 0.759 bits per heavy atom. The largest absolute Gasteiger partial charge is 0.198 e. The normalized spacial score (nSPS) is 11.0. The monoisotopic (exact) mass is 405 g/mol. The molecule has 0 bridgehead atoms. The van der Waals surface area contributed by atoms with Crippen LogP contribution >= 0.6 is 0 Å². The van der Waals surface area contributed by atoms with Crippen molar-refractivity contribution in [2.45, 2.75) is 174 Å². The lowest BCUT2D eigenvalue weighted by Crippen LogP contribution is -1.84. The minimum absolute atomic E-state index is 0.749. The van der Waals surface area contributed by atoms with Crippen molar-refractivity contribution in [3.05, 3.63) is 0 Å². The Kier molecular flexibility index (Phi) is 27.0. The van der Waals surface area contributed by atoms with Gasteiger partial charge >= 0.3 is 0 Å². The molecule has 172 valence electrons. The average Bonchev–Trinajstić information content (AvgIpc) is 2.74. The predicted molar refractivity (Wildman–Crippen MR) is 131 cm³/mol. The first-order chi connectivity index (χ1) is 14.4. The van der Waals surface area contributed by atoms with Crippen molar-refractivity contribution in [2.24, 2.45) is 0 Å². The van der Waals surface area contributed by atoms with E-state index in [2.05, 4.69) is 13.0 Å². The van der Waals surface area contributed by atoms with E-state index >= 15 is 0 Å². The lowest BCUT2D eigenvalue weighted by Gasteiger charge is -2.04. The van der Waals surface area contributed by atoms with Gasteiger partial charge in [0, 0.05) is 6.42 Å². The molecule has 0 amide bonds. The molecule has 0 radical (unpaired) electrons. The lowest BCUT2D eigenvalue weighted by molar-refractivity contribution is 0.516. The van der Waals surface area contributed by atoms with Crippen LogP contribution in [0.2, 0.25) is 0 Å². The fraction of sp³-hybridized carbons (Fsp3) is 0.964. The molecule has 0 aromatic heterocycles. The van der Waals surface area contributed by atoms with Crippen LogP contribution in [0.3, 0.4) is 0 Å². The van der Waals surface area contributed by atoms with Gasteiger partial charge in [0.15, 0.2) is 0 Å².